The van der Waals surface area contributed by atoms with Gasteiger partial charge in [-0.2, -0.15) is 0 Å². The third kappa shape index (κ3) is 9.84. The molecule has 0 rings (SSSR count). The van der Waals surface area contributed by atoms with E-state index in [9.17, 15) is 19.5 Å². The Morgan fingerprint density at radius 1 is 1.19 bits per heavy atom. The zero-order valence-corrected chi connectivity index (χ0v) is 12.6. The highest BCUT2D eigenvalue weighted by Crippen LogP contribution is 2.18. The molecule has 0 bridgehead atoms. The summed E-state index contributed by atoms with van der Waals surface area (Å²) in [5.41, 5.74) is -1.19. The summed E-state index contributed by atoms with van der Waals surface area (Å²) in [6.45, 7) is 3.57. The zero-order chi connectivity index (χ0) is 16.5. The van der Waals surface area contributed by atoms with Crippen LogP contribution in [-0.2, 0) is 14.4 Å². The lowest BCUT2D eigenvalue weighted by Crippen LogP contribution is -2.44. The molecule has 0 spiro atoms. The van der Waals surface area contributed by atoms with Crippen molar-refractivity contribution in [3.63, 3.8) is 0 Å². The van der Waals surface area contributed by atoms with Gasteiger partial charge in [0.25, 0.3) is 0 Å². The monoisotopic (exact) mass is 303 g/mol. The number of nitrogens with one attached hydrogen (secondary N) is 1. The Morgan fingerprint density at radius 3 is 2.29 bits per heavy atom. The first-order valence-electron chi connectivity index (χ1n) is 7.14. The summed E-state index contributed by atoms with van der Waals surface area (Å²) in [5, 5.41) is 29.8. The Bertz CT molecular complexity index is 366. The highest BCUT2D eigenvalue weighted by Gasteiger charge is 2.27. The van der Waals surface area contributed by atoms with Crippen molar-refractivity contribution in [3.8, 4) is 0 Å². The third-order valence-electron chi connectivity index (χ3n) is 3.14. The van der Waals surface area contributed by atoms with Gasteiger partial charge in [0.2, 0.25) is 5.91 Å². The van der Waals surface area contributed by atoms with E-state index in [-0.39, 0.29) is 19.3 Å². The van der Waals surface area contributed by atoms with E-state index in [0.717, 1.165) is 19.3 Å². The summed E-state index contributed by atoms with van der Waals surface area (Å²) in [6.07, 6.45) is 2.47. The SMILES string of the molecule is CCCCCC(C)(O)CC(=O)NC(CCC(=O)O)C(=O)O. The highest BCUT2D eigenvalue weighted by molar-refractivity contribution is 5.84. The number of carboxylic acids is 2. The maximum atomic E-state index is 11.8. The summed E-state index contributed by atoms with van der Waals surface area (Å²) in [7, 11) is 0. The average Bonchev–Trinajstić information content (AvgIpc) is 2.33. The largest absolute Gasteiger partial charge is 0.481 e. The van der Waals surface area contributed by atoms with E-state index in [0.29, 0.717) is 6.42 Å². The molecule has 2 atom stereocenters. The summed E-state index contributed by atoms with van der Waals surface area (Å²) in [5.74, 6) is -2.99. The lowest BCUT2D eigenvalue weighted by Gasteiger charge is -2.23. The van der Waals surface area contributed by atoms with Crippen LogP contribution in [0.15, 0.2) is 0 Å². The molecule has 0 aliphatic rings. The predicted octanol–water partition coefficient (Wildman–Crippen LogP) is 1.14. The highest BCUT2D eigenvalue weighted by atomic mass is 16.4. The number of aliphatic hydroxyl groups is 1. The number of hydrogen-bond acceptors (Lipinski definition) is 4. The van der Waals surface area contributed by atoms with Gasteiger partial charge in [-0.1, -0.05) is 26.2 Å². The molecule has 0 aliphatic heterocycles. The van der Waals surface area contributed by atoms with E-state index in [1.807, 2.05) is 6.92 Å². The second kappa shape index (κ2) is 9.33. The van der Waals surface area contributed by atoms with Crippen LogP contribution in [0.3, 0.4) is 0 Å². The number of amides is 1. The number of rotatable bonds is 11. The molecule has 0 fully saturated rings. The number of unbranched alkanes of at least 4 members (excludes halogenated alkanes) is 2. The van der Waals surface area contributed by atoms with Crippen molar-refractivity contribution in [2.24, 2.45) is 0 Å². The molecule has 0 aliphatic carbocycles. The van der Waals surface area contributed by atoms with Crippen LogP contribution in [0, 0.1) is 0 Å². The summed E-state index contributed by atoms with van der Waals surface area (Å²) < 4.78 is 0. The van der Waals surface area contributed by atoms with E-state index >= 15 is 0 Å². The van der Waals surface area contributed by atoms with Crippen LogP contribution in [0.4, 0.5) is 0 Å². The fraction of sp³-hybridized carbons (Fsp3) is 0.786. The minimum atomic E-state index is -1.28. The summed E-state index contributed by atoms with van der Waals surface area (Å²) in [4.78, 5) is 33.2. The van der Waals surface area contributed by atoms with Crippen molar-refractivity contribution < 1.29 is 29.7 Å². The van der Waals surface area contributed by atoms with Crippen LogP contribution in [0.5, 0.6) is 0 Å². The Kier molecular flexibility index (Phi) is 8.61. The van der Waals surface area contributed by atoms with Gasteiger partial charge in [0, 0.05) is 6.42 Å². The Hall–Kier alpha value is -1.63. The molecule has 0 heterocycles. The Balaban J connectivity index is 4.35. The lowest BCUT2D eigenvalue weighted by atomic mass is 9.94. The normalized spacial score (nSPS) is 15.0. The average molecular weight is 303 g/mol. The van der Waals surface area contributed by atoms with Crippen LogP contribution in [0.2, 0.25) is 0 Å². The smallest absolute Gasteiger partial charge is 0.326 e. The lowest BCUT2D eigenvalue weighted by molar-refractivity contribution is -0.143. The number of carboxylic acid groups (broad SMARTS) is 2. The van der Waals surface area contributed by atoms with Gasteiger partial charge in [-0.3, -0.25) is 9.59 Å². The van der Waals surface area contributed by atoms with E-state index in [2.05, 4.69) is 5.32 Å². The molecule has 0 radical (unpaired) electrons. The maximum Gasteiger partial charge on any atom is 0.326 e. The van der Waals surface area contributed by atoms with E-state index < -0.39 is 29.5 Å². The molecule has 122 valence electrons. The first kappa shape index (κ1) is 19.4. The van der Waals surface area contributed by atoms with Crippen molar-refractivity contribution in [3.05, 3.63) is 0 Å². The maximum absolute atomic E-state index is 11.8. The van der Waals surface area contributed by atoms with E-state index in [4.69, 9.17) is 10.2 Å². The van der Waals surface area contributed by atoms with E-state index in [1.54, 1.807) is 0 Å². The van der Waals surface area contributed by atoms with Gasteiger partial charge in [-0.15, -0.1) is 0 Å². The number of hydrogen-bond donors (Lipinski definition) is 4. The predicted molar refractivity (Wildman–Crippen MR) is 75.8 cm³/mol. The quantitative estimate of drug-likeness (QED) is 0.424. The van der Waals surface area contributed by atoms with Crippen molar-refractivity contribution in [1.29, 1.82) is 0 Å². The standard InChI is InChI=1S/C14H25NO6/c1-3-4-5-8-14(2,21)9-11(16)15-10(13(19)20)6-7-12(17)18/h10,21H,3-9H2,1-2H3,(H,15,16)(H,17,18)(H,19,20). The van der Waals surface area contributed by atoms with Gasteiger partial charge in [0.05, 0.1) is 12.0 Å². The Labute approximate surface area is 124 Å². The second-order valence-corrected chi connectivity index (χ2v) is 5.52. The Morgan fingerprint density at radius 2 is 1.81 bits per heavy atom. The molecular weight excluding hydrogens is 278 g/mol. The van der Waals surface area contributed by atoms with Gasteiger partial charge >= 0.3 is 11.9 Å². The second-order valence-electron chi connectivity index (χ2n) is 5.52. The number of carbonyl (C=O) groups excluding carboxylic acids is 1. The van der Waals surface area contributed by atoms with Crippen molar-refractivity contribution in [2.45, 2.75) is 70.4 Å². The molecule has 0 saturated heterocycles. The molecule has 0 aromatic rings. The minimum Gasteiger partial charge on any atom is -0.481 e. The van der Waals surface area contributed by atoms with Gasteiger partial charge in [0.1, 0.15) is 6.04 Å². The number of carbonyl (C=O) groups is 3. The molecule has 21 heavy (non-hydrogen) atoms. The fourth-order valence-electron chi connectivity index (χ4n) is 1.96. The van der Waals surface area contributed by atoms with E-state index in [1.165, 1.54) is 6.92 Å². The van der Waals surface area contributed by atoms with Crippen molar-refractivity contribution in [1.82, 2.24) is 5.32 Å². The molecule has 2 unspecified atom stereocenters. The minimum absolute atomic E-state index is 0.186. The van der Waals surface area contributed by atoms with Crippen molar-refractivity contribution >= 4 is 17.8 Å². The first-order chi connectivity index (χ1) is 9.68. The van der Waals surface area contributed by atoms with Gasteiger partial charge in [-0.05, 0) is 19.8 Å². The molecule has 4 N–H and O–H groups in total. The topological polar surface area (TPSA) is 124 Å². The molecule has 0 saturated carbocycles. The first-order valence-corrected chi connectivity index (χ1v) is 7.14. The van der Waals surface area contributed by atoms with Gasteiger partial charge in [-0.25, -0.2) is 4.79 Å². The van der Waals surface area contributed by atoms with Crippen LogP contribution in [0.1, 0.15) is 58.8 Å². The summed E-state index contributed by atoms with van der Waals surface area (Å²) >= 11 is 0. The van der Waals surface area contributed by atoms with Crippen LogP contribution in [-0.4, -0.2) is 44.8 Å². The zero-order valence-electron chi connectivity index (χ0n) is 12.6. The molecule has 0 aromatic carbocycles. The molecule has 1 amide bonds. The molecule has 7 heteroatoms. The van der Waals surface area contributed by atoms with Gasteiger partial charge in [0.15, 0.2) is 0 Å². The molecular formula is C14H25NO6. The third-order valence-corrected chi connectivity index (χ3v) is 3.14. The number of aliphatic carboxylic acids is 2. The van der Waals surface area contributed by atoms with Gasteiger partial charge < -0.3 is 20.6 Å². The van der Waals surface area contributed by atoms with Crippen LogP contribution < -0.4 is 5.32 Å². The van der Waals surface area contributed by atoms with Crippen LogP contribution in [0.25, 0.3) is 0 Å². The fourth-order valence-corrected chi connectivity index (χ4v) is 1.96. The summed E-state index contributed by atoms with van der Waals surface area (Å²) in [6, 6.07) is -1.25. The van der Waals surface area contributed by atoms with Crippen molar-refractivity contribution in [2.75, 3.05) is 0 Å². The van der Waals surface area contributed by atoms with Crippen LogP contribution >= 0.6 is 0 Å². The molecule has 0 aromatic heterocycles. The molecule has 7 nitrogen and oxygen atoms in total.